The zero-order chi connectivity index (χ0) is 16.7. The molecule has 0 aliphatic carbocycles. The molecule has 0 bridgehead atoms. The van der Waals surface area contributed by atoms with E-state index < -0.39 is 10.0 Å². The van der Waals surface area contributed by atoms with Crippen molar-refractivity contribution >= 4 is 32.8 Å². The highest BCUT2D eigenvalue weighted by molar-refractivity contribution is 7.89. The van der Waals surface area contributed by atoms with E-state index in [0.29, 0.717) is 17.6 Å². The minimum atomic E-state index is -3.65. The summed E-state index contributed by atoms with van der Waals surface area (Å²) in [5.41, 5.74) is 1.99. The Bertz CT molecular complexity index is 979. The van der Waals surface area contributed by atoms with Crippen LogP contribution in [0.4, 0.5) is 0 Å². The summed E-state index contributed by atoms with van der Waals surface area (Å²) in [4.78, 5) is 0.239. The summed E-state index contributed by atoms with van der Waals surface area (Å²) >= 11 is 1.03. The fraction of sp³-hybridized carbons (Fsp3) is 0.400. The molecular formula is C15H17N5O2S2. The Balaban J connectivity index is 1.82. The number of aryl methyl sites for hydroxylation is 1. The van der Waals surface area contributed by atoms with Gasteiger partial charge in [0.25, 0.3) is 0 Å². The van der Waals surface area contributed by atoms with E-state index in [0.717, 1.165) is 36.7 Å². The van der Waals surface area contributed by atoms with Crippen molar-refractivity contribution in [2.24, 2.45) is 7.05 Å². The highest BCUT2D eigenvalue weighted by atomic mass is 32.2. The Labute approximate surface area is 144 Å². The van der Waals surface area contributed by atoms with Crippen LogP contribution in [0.25, 0.3) is 11.0 Å². The van der Waals surface area contributed by atoms with E-state index in [1.54, 1.807) is 33.4 Å². The van der Waals surface area contributed by atoms with Gasteiger partial charge in [0.2, 0.25) is 10.0 Å². The van der Waals surface area contributed by atoms with Crippen LogP contribution in [0.5, 0.6) is 0 Å². The number of fused-ring (bicyclic) bond motifs is 1. The lowest BCUT2D eigenvalue weighted by atomic mass is 10.0. The molecule has 2 aromatic heterocycles. The largest absolute Gasteiger partial charge is 0.271 e. The SMILES string of the molecule is Cn1nccc1C1CCCCN1S(=O)(=O)c1cccc2nsnc12. The Kier molecular flexibility index (Phi) is 3.86. The van der Waals surface area contributed by atoms with Crippen molar-refractivity contribution in [3.63, 3.8) is 0 Å². The number of hydrogen-bond acceptors (Lipinski definition) is 6. The van der Waals surface area contributed by atoms with Crippen LogP contribution < -0.4 is 0 Å². The van der Waals surface area contributed by atoms with Crippen LogP contribution >= 0.6 is 11.7 Å². The normalized spacial score (nSPS) is 19.8. The first-order valence-corrected chi connectivity index (χ1v) is 9.97. The summed E-state index contributed by atoms with van der Waals surface area (Å²) in [6.07, 6.45) is 4.37. The average molecular weight is 363 g/mol. The van der Waals surface area contributed by atoms with Gasteiger partial charge >= 0.3 is 0 Å². The molecule has 0 saturated carbocycles. The lowest BCUT2D eigenvalue weighted by molar-refractivity contribution is 0.246. The van der Waals surface area contributed by atoms with Gasteiger partial charge in [-0.25, -0.2) is 8.42 Å². The van der Waals surface area contributed by atoms with E-state index in [1.807, 2.05) is 13.1 Å². The maximum atomic E-state index is 13.3. The zero-order valence-corrected chi connectivity index (χ0v) is 14.8. The van der Waals surface area contributed by atoms with E-state index >= 15 is 0 Å². The number of aromatic nitrogens is 4. The zero-order valence-electron chi connectivity index (χ0n) is 13.2. The van der Waals surface area contributed by atoms with Crippen LogP contribution in [-0.2, 0) is 17.1 Å². The van der Waals surface area contributed by atoms with Crippen molar-refractivity contribution in [1.82, 2.24) is 22.8 Å². The van der Waals surface area contributed by atoms with Gasteiger partial charge in [-0.1, -0.05) is 12.5 Å². The van der Waals surface area contributed by atoms with Crippen LogP contribution in [0.15, 0.2) is 35.4 Å². The Morgan fingerprint density at radius 1 is 1.21 bits per heavy atom. The van der Waals surface area contributed by atoms with Gasteiger partial charge in [-0.2, -0.15) is 18.2 Å². The molecule has 0 amide bonds. The summed E-state index contributed by atoms with van der Waals surface area (Å²) < 4.78 is 38.4. The topological polar surface area (TPSA) is 81.0 Å². The molecule has 1 atom stereocenters. The lowest BCUT2D eigenvalue weighted by Crippen LogP contribution is -2.39. The van der Waals surface area contributed by atoms with Gasteiger partial charge in [0.15, 0.2) is 0 Å². The smallest absolute Gasteiger partial charge is 0.245 e. The summed E-state index contributed by atoms with van der Waals surface area (Å²) in [6.45, 7) is 0.506. The standard InChI is InChI=1S/C15H17N5O2S2/c1-19-12(8-9-16-19)13-6-2-3-10-20(13)24(21,22)14-7-4-5-11-15(14)18-23-17-11/h4-5,7-9,13H,2-3,6,10H2,1H3. The van der Waals surface area contributed by atoms with Gasteiger partial charge in [-0.15, -0.1) is 0 Å². The van der Waals surface area contributed by atoms with E-state index in [-0.39, 0.29) is 10.9 Å². The molecule has 3 heterocycles. The van der Waals surface area contributed by atoms with Crippen molar-refractivity contribution in [3.8, 4) is 0 Å². The minimum Gasteiger partial charge on any atom is -0.271 e. The Morgan fingerprint density at radius 2 is 2.08 bits per heavy atom. The molecular weight excluding hydrogens is 346 g/mol. The minimum absolute atomic E-state index is 0.196. The maximum Gasteiger partial charge on any atom is 0.245 e. The number of piperidine rings is 1. The van der Waals surface area contributed by atoms with E-state index in [4.69, 9.17) is 0 Å². The molecule has 1 unspecified atom stereocenters. The van der Waals surface area contributed by atoms with Crippen molar-refractivity contribution in [2.75, 3.05) is 6.54 Å². The molecule has 1 fully saturated rings. The molecule has 0 spiro atoms. The van der Waals surface area contributed by atoms with Crippen LogP contribution in [0, 0.1) is 0 Å². The molecule has 1 saturated heterocycles. The van der Waals surface area contributed by atoms with Gasteiger partial charge in [0.05, 0.1) is 23.5 Å². The number of hydrogen-bond donors (Lipinski definition) is 0. The van der Waals surface area contributed by atoms with E-state index in [2.05, 4.69) is 13.8 Å². The second-order valence-corrected chi connectivity index (χ2v) is 8.28. The first kappa shape index (κ1) is 15.7. The molecule has 3 aromatic rings. The molecule has 0 N–H and O–H groups in total. The van der Waals surface area contributed by atoms with Crippen LogP contribution in [-0.4, -0.2) is 37.8 Å². The third-order valence-electron chi connectivity index (χ3n) is 4.49. The maximum absolute atomic E-state index is 13.3. The molecule has 1 aromatic carbocycles. The summed E-state index contributed by atoms with van der Waals surface area (Å²) in [5.74, 6) is 0. The van der Waals surface area contributed by atoms with Gasteiger partial charge in [-0.3, -0.25) is 4.68 Å². The predicted octanol–water partition coefficient (Wildman–Crippen LogP) is 2.34. The number of sulfonamides is 1. The van der Waals surface area contributed by atoms with Crippen molar-refractivity contribution < 1.29 is 8.42 Å². The second-order valence-electron chi connectivity index (χ2n) is 5.90. The van der Waals surface area contributed by atoms with E-state index in [1.165, 1.54) is 0 Å². The average Bonchev–Trinajstić information content (AvgIpc) is 3.22. The summed E-state index contributed by atoms with van der Waals surface area (Å²) in [5, 5.41) is 4.20. The highest BCUT2D eigenvalue weighted by Crippen LogP contribution is 2.36. The van der Waals surface area contributed by atoms with Crippen LogP contribution in [0.1, 0.15) is 31.0 Å². The number of benzene rings is 1. The number of rotatable bonds is 3. The predicted molar refractivity (Wildman–Crippen MR) is 91.1 cm³/mol. The van der Waals surface area contributed by atoms with Gasteiger partial charge in [0, 0.05) is 19.8 Å². The molecule has 126 valence electrons. The van der Waals surface area contributed by atoms with E-state index in [9.17, 15) is 8.42 Å². The Morgan fingerprint density at radius 3 is 2.88 bits per heavy atom. The summed E-state index contributed by atoms with van der Waals surface area (Å²) in [6, 6.07) is 6.82. The van der Waals surface area contributed by atoms with Crippen molar-refractivity contribution in [1.29, 1.82) is 0 Å². The van der Waals surface area contributed by atoms with Crippen molar-refractivity contribution in [2.45, 2.75) is 30.2 Å². The summed E-state index contributed by atoms with van der Waals surface area (Å²) in [7, 11) is -1.81. The quantitative estimate of drug-likeness (QED) is 0.713. The fourth-order valence-electron chi connectivity index (χ4n) is 3.32. The molecule has 9 heteroatoms. The monoisotopic (exact) mass is 363 g/mol. The molecule has 0 radical (unpaired) electrons. The fourth-order valence-corrected chi connectivity index (χ4v) is 5.74. The Hall–Kier alpha value is -1.84. The first-order chi connectivity index (χ1) is 11.6. The first-order valence-electron chi connectivity index (χ1n) is 7.80. The van der Waals surface area contributed by atoms with Gasteiger partial charge < -0.3 is 0 Å². The molecule has 4 rings (SSSR count). The van der Waals surface area contributed by atoms with Crippen LogP contribution in [0.2, 0.25) is 0 Å². The van der Waals surface area contributed by atoms with Crippen LogP contribution in [0.3, 0.4) is 0 Å². The third kappa shape index (κ3) is 2.43. The highest BCUT2D eigenvalue weighted by Gasteiger charge is 2.37. The molecule has 7 nitrogen and oxygen atoms in total. The van der Waals surface area contributed by atoms with Gasteiger partial charge in [-0.05, 0) is 31.0 Å². The second kappa shape index (κ2) is 5.91. The lowest BCUT2D eigenvalue weighted by Gasteiger charge is -2.34. The third-order valence-corrected chi connectivity index (χ3v) is 6.97. The molecule has 1 aliphatic heterocycles. The van der Waals surface area contributed by atoms with Crippen molar-refractivity contribution in [3.05, 3.63) is 36.2 Å². The molecule has 24 heavy (non-hydrogen) atoms. The number of nitrogens with zero attached hydrogens (tertiary/aromatic N) is 5. The molecule has 1 aliphatic rings. The van der Waals surface area contributed by atoms with Gasteiger partial charge in [0.1, 0.15) is 15.9 Å².